The van der Waals surface area contributed by atoms with Gasteiger partial charge in [-0.3, -0.25) is 4.68 Å². The Balaban J connectivity index is 1.84. The summed E-state index contributed by atoms with van der Waals surface area (Å²) in [6, 6.07) is 2.29. The van der Waals surface area contributed by atoms with Crippen molar-refractivity contribution >= 4 is 28.3 Å². The second-order valence-corrected chi connectivity index (χ2v) is 7.08. The van der Waals surface area contributed by atoms with Crippen LogP contribution in [-0.4, -0.2) is 31.8 Å². The minimum Gasteiger partial charge on any atom is -0.483 e. The average Bonchev–Trinajstić information content (AvgIpc) is 3.14. The van der Waals surface area contributed by atoms with Crippen LogP contribution in [0.3, 0.4) is 0 Å². The molecule has 0 aliphatic heterocycles. The van der Waals surface area contributed by atoms with Crippen LogP contribution in [0, 0.1) is 11.6 Å². The van der Waals surface area contributed by atoms with Crippen molar-refractivity contribution < 1.29 is 18.3 Å². The Labute approximate surface area is 180 Å². The molecular weight excluding hydrogens is 430 g/mol. The van der Waals surface area contributed by atoms with Crippen molar-refractivity contribution in [2.45, 2.75) is 13.0 Å². The van der Waals surface area contributed by atoms with Crippen molar-refractivity contribution in [3.8, 4) is 22.9 Å². The van der Waals surface area contributed by atoms with E-state index < -0.39 is 22.8 Å². The predicted molar refractivity (Wildman–Crippen MR) is 111 cm³/mol. The third-order valence-electron chi connectivity index (χ3n) is 4.71. The smallest absolute Gasteiger partial charge is 0.239 e. The molecule has 3 aromatic heterocycles. The molecule has 0 bridgehead atoms. The molecule has 4 aromatic rings. The van der Waals surface area contributed by atoms with Crippen LogP contribution in [0.5, 0.6) is 11.6 Å². The first-order valence-electron chi connectivity index (χ1n) is 9.09. The zero-order valence-electron chi connectivity index (χ0n) is 16.7. The van der Waals surface area contributed by atoms with Crippen LogP contribution in [0.2, 0.25) is 5.02 Å². The van der Waals surface area contributed by atoms with E-state index in [1.54, 1.807) is 24.9 Å². The van der Waals surface area contributed by atoms with Gasteiger partial charge in [-0.15, -0.1) is 5.10 Å². The van der Waals surface area contributed by atoms with Crippen LogP contribution in [0.15, 0.2) is 30.9 Å². The number of rotatable bonds is 5. The van der Waals surface area contributed by atoms with Crippen LogP contribution >= 0.6 is 11.6 Å². The normalized spacial score (nSPS) is 12.2. The maximum absolute atomic E-state index is 14.7. The first kappa shape index (κ1) is 20.7. The Morgan fingerprint density at radius 3 is 2.71 bits per heavy atom. The summed E-state index contributed by atoms with van der Waals surface area (Å²) in [6.45, 7) is 1.80. The third-order valence-corrected chi connectivity index (χ3v) is 5.05. The summed E-state index contributed by atoms with van der Waals surface area (Å²) in [5, 5.41) is 3.92. The summed E-state index contributed by atoms with van der Waals surface area (Å²) < 4.78 is 41.2. The molecule has 11 heteroatoms. The van der Waals surface area contributed by atoms with Gasteiger partial charge in [0, 0.05) is 18.8 Å². The van der Waals surface area contributed by atoms with Crippen molar-refractivity contribution in [2.24, 2.45) is 7.05 Å². The molecule has 0 fully saturated rings. The highest BCUT2D eigenvalue weighted by atomic mass is 35.5. The monoisotopic (exact) mass is 446 g/mol. The Bertz CT molecular complexity index is 1300. The van der Waals surface area contributed by atoms with Gasteiger partial charge in [0.1, 0.15) is 34.6 Å². The number of aromatic nitrogens is 5. The second-order valence-electron chi connectivity index (χ2n) is 6.70. The highest BCUT2D eigenvalue weighted by molar-refractivity contribution is 6.31. The first-order chi connectivity index (χ1) is 14.8. The van der Waals surface area contributed by atoms with Gasteiger partial charge in [-0.2, -0.15) is 0 Å². The lowest BCUT2D eigenvalue weighted by molar-refractivity contribution is 0.223. The van der Waals surface area contributed by atoms with E-state index in [0.29, 0.717) is 16.8 Å². The van der Waals surface area contributed by atoms with Crippen LogP contribution in [0.1, 0.15) is 18.6 Å². The van der Waals surface area contributed by atoms with Gasteiger partial charge in [-0.25, -0.2) is 23.7 Å². The molecular formula is C20H17ClF2N6O2. The van der Waals surface area contributed by atoms with E-state index in [1.807, 2.05) is 0 Å². The molecule has 8 nitrogen and oxygen atoms in total. The fourth-order valence-electron chi connectivity index (χ4n) is 3.24. The number of fused-ring (bicyclic) bond motifs is 1. The van der Waals surface area contributed by atoms with Gasteiger partial charge in [-0.05, 0) is 19.1 Å². The van der Waals surface area contributed by atoms with Crippen molar-refractivity contribution in [3.05, 3.63) is 53.1 Å². The molecule has 160 valence electrons. The topological polar surface area (TPSA) is 101 Å². The van der Waals surface area contributed by atoms with E-state index in [0.717, 1.165) is 6.07 Å². The Hall–Kier alpha value is -3.53. The van der Waals surface area contributed by atoms with E-state index in [1.165, 1.54) is 25.7 Å². The number of halogens is 3. The Morgan fingerprint density at radius 2 is 1.97 bits per heavy atom. The van der Waals surface area contributed by atoms with Crippen molar-refractivity contribution in [2.75, 3.05) is 12.8 Å². The summed E-state index contributed by atoms with van der Waals surface area (Å²) in [5.41, 5.74) is 7.13. The van der Waals surface area contributed by atoms with Gasteiger partial charge >= 0.3 is 0 Å². The number of anilines is 1. The molecule has 0 radical (unpaired) electrons. The molecule has 0 aliphatic carbocycles. The van der Waals surface area contributed by atoms with Gasteiger partial charge < -0.3 is 15.2 Å². The molecule has 1 atom stereocenters. The summed E-state index contributed by atoms with van der Waals surface area (Å²) in [4.78, 5) is 12.5. The lowest BCUT2D eigenvalue weighted by Gasteiger charge is -2.17. The lowest BCUT2D eigenvalue weighted by Crippen LogP contribution is -2.07. The second kappa shape index (κ2) is 7.95. The molecule has 0 amide bonds. The number of methoxy groups -OCH3 is 1. The number of ether oxygens (including phenoxy) is 2. The highest BCUT2D eigenvalue weighted by Gasteiger charge is 2.23. The third kappa shape index (κ3) is 3.59. The summed E-state index contributed by atoms with van der Waals surface area (Å²) in [5.74, 6) is -1.02. The number of pyridine rings is 1. The predicted octanol–water partition coefficient (Wildman–Crippen LogP) is 4.09. The average molecular weight is 447 g/mol. The van der Waals surface area contributed by atoms with E-state index in [2.05, 4.69) is 20.1 Å². The van der Waals surface area contributed by atoms with Gasteiger partial charge in [0.2, 0.25) is 5.88 Å². The van der Waals surface area contributed by atoms with E-state index >= 15 is 0 Å². The lowest BCUT2D eigenvalue weighted by atomic mass is 10.1. The first-order valence-corrected chi connectivity index (χ1v) is 9.46. The number of aryl methyl sites for hydroxylation is 1. The van der Waals surface area contributed by atoms with Crippen LogP contribution < -0.4 is 15.2 Å². The molecule has 1 aromatic carbocycles. The number of nitrogens with two attached hydrogens (primary N) is 1. The van der Waals surface area contributed by atoms with Gasteiger partial charge in [0.15, 0.2) is 11.6 Å². The van der Waals surface area contributed by atoms with E-state index in [-0.39, 0.29) is 28.3 Å². The summed E-state index contributed by atoms with van der Waals surface area (Å²) >= 11 is 5.73. The zero-order valence-corrected chi connectivity index (χ0v) is 17.5. The van der Waals surface area contributed by atoms with Gasteiger partial charge in [0.25, 0.3) is 0 Å². The van der Waals surface area contributed by atoms with Gasteiger partial charge in [0.05, 0.1) is 30.0 Å². The Morgan fingerprint density at radius 1 is 1.19 bits per heavy atom. The van der Waals surface area contributed by atoms with Crippen molar-refractivity contribution in [3.63, 3.8) is 0 Å². The van der Waals surface area contributed by atoms with Crippen molar-refractivity contribution in [1.82, 2.24) is 24.7 Å². The van der Waals surface area contributed by atoms with Crippen molar-refractivity contribution in [1.29, 1.82) is 0 Å². The molecule has 0 saturated carbocycles. The molecule has 3 heterocycles. The maximum atomic E-state index is 14.7. The SMILES string of the molecule is COc1nn(C)cc1[C@H](C)Oc1cnc(-c2ccc(F)c(Cl)c2F)c2ncnc(N)c12. The molecule has 0 unspecified atom stereocenters. The maximum Gasteiger partial charge on any atom is 0.239 e. The molecule has 0 spiro atoms. The zero-order chi connectivity index (χ0) is 22.3. The minimum atomic E-state index is -0.949. The molecule has 0 saturated heterocycles. The van der Waals surface area contributed by atoms with E-state index in [4.69, 9.17) is 26.8 Å². The summed E-state index contributed by atoms with van der Waals surface area (Å²) in [6.07, 6.45) is 3.89. The Kier molecular flexibility index (Phi) is 5.32. The number of hydrogen-bond acceptors (Lipinski definition) is 7. The fourth-order valence-corrected chi connectivity index (χ4v) is 3.41. The standard InChI is InChI=1S/C20H17ClF2N6O2/c1-9(11-7-29(2)28-20(11)30-3)31-13-6-25-17(18-14(13)19(24)27-8-26-18)10-4-5-12(22)15(21)16(10)23/h4-9H,1-3H3,(H2,24,26,27)/t9-/m0/s1. The number of hydrogen-bond donors (Lipinski definition) is 1. The van der Waals surface area contributed by atoms with Crippen LogP contribution in [0.25, 0.3) is 22.2 Å². The van der Waals surface area contributed by atoms with Crippen LogP contribution in [0.4, 0.5) is 14.6 Å². The molecule has 2 N–H and O–H groups in total. The molecule has 0 aliphatic rings. The minimum absolute atomic E-state index is 0.0250. The number of nitrogen functional groups attached to an aromatic ring is 1. The molecule has 4 rings (SSSR count). The van der Waals surface area contributed by atoms with Crippen LogP contribution in [-0.2, 0) is 7.05 Å². The highest BCUT2D eigenvalue weighted by Crippen LogP contribution is 2.38. The number of benzene rings is 1. The summed E-state index contributed by atoms with van der Waals surface area (Å²) in [7, 11) is 3.27. The number of nitrogens with zero attached hydrogens (tertiary/aromatic N) is 5. The fraction of sp³-hybridized carbons (Fsp3) is 0.200. The molecule has 31 heavy (non-hydrogen) atoms. The largest absolute Gasteiger partial charge is 0.483 e. The van der Waals surface area contributed by atoms with Gasteiger partial charge in [-0.1, -0.05) is 11.6 Å². The quantitative estimate of drug-likeness (QED) is 0.461. The van der Waals surface area contributed by atoms with E-state index in [9.17, 15) is 8.78 Å².